The summed E-state index contributed by atoms with van der Waals surface area (Å²) >= 11 is 0. The van der Waals surface area contributed by atoms with Gasteiger partial charge in [0.25, 0.3) is 0 Å². The van der Waals surface area contributed by atoms with Crippen molar-refractivity contribution in [2.24, 2.45) is 0 Å². The molecule has 13 heavy (non-hydrogen) atoms. The van der Waals surface area contributed by atoms with Crippen LogP contribution in [0.15, 0.2) is 30.0 Å². The van der Waals surface area contributed by atoms with E-state index in [0.29, 0.717) is 0 Å². The Balaban J connectivity index is 2.69. The molecule has 0 fully saturated rings. The maximum absolute atomic E-state index is 5.08. The van der Waals surface area contributed by atoms with E-state index >= 15 is 0 Å². The van der Waals surface area contributed by atoms with Crippen molar-refractivity contribution in [1.82, 2.24) is 0 Å². The molecule has 0 unspecified atom stereocenters. The minimum absolute atomic E-state index is 0.572. The van der Waals surface area contributed by atoms with Crippen molar-refractivity contribution >= 4 is 14.9 Å². The molecule has 0 amide bonds. The molecule has 1 aromatic rings. The van der Waals surface area contributed by atoms with Gasteiger partial charge in [-0.2, -0.15) is 0 Å². The lowest BCUT2D eigenvalue weighted by Crippen LogP contribution is -1.91. The van der Waals surface area contributed by atoms with E-state index in [2.05, 4.69) is 37.0 Å². The first-order valence-electron chi connectivity index (χ1n) is 4.54. The van der Waals surface area contributed by atoms with Gasteiger partial charge in [-0.1, -0.05) is 37.0 Å². The van der Waals surface area contributed by atoms with Crippen molar-refractivity contribution in [3.05, 3.63) is 35.5 Å². The topological polar surface area (TPSA) is 9.23 Å². The lowest BCUT2D eigenvalue weighted by atomic mass is 10.2. The summed E-state index contributed by atoms with van der Waals surface area (Å²) in [5.41, 5.74) is 3.57. The molecule has 0 atom stereocenters. The summed E-state index contributed by atoms with van der Waals surface area (Å²) in [5.74, 6) is 0.916. The number of rotatable bonds is 3. The average Bonchev–Trinajstić information content (AvgIpc) is 2.15. The Labute approximate surface area is 81.7 Å². The summed E-state index contributed by atoms with van der Waals surface area (Å²) in [6.45, 7) is 4.61. The smallest absolute Gasteiger partial charge is 0.118 e. The minimum atomic E-state index is -0.572. The van der Waals surface area contributed by atoms with E-state index in [1.165, 1.54) is 5.56 Å². The second kappa shape index (κ2) is 4.87. The van der Waals surface area contributed by atoms with Crippen LogP contribution in [0.2, 0.25) is 13.1 Å². The Kier molecular flexibility index (Phi) is 3.77. The highest BCUT2D eigenvalue weighted by molar-refractivity contribution is 6.62. The molecule has 0 aromatic heterocycles. The van der Waals surface area contributed by atoms with Crippen LogP contribution in [0.5, 0.6) is 5.75 Å². The van der Waals surface area contributed by atoms with Gasteiger partial charge in [0.05, 0.1) is 15.9 Å². The maximum atomic E-state index is 5.08. The molecular formula is C11H16OSi. The van der Waals surface area contributed by atoms with E-state index in [4.69, 9.17) is 4.74 Å². The SMILES string of the molecule is COc1ccc(C=C[SiH](C)C)cc1. The van der Waals surface area contributed by atoms with Crippen LogP contribution in [0.4, 0.5) is 0 Å². The van der Waals surface area contributed by atoms with E-state index in [1.54, 1.807) is 7.11 Å². The highest BCUT2D eigenvalue weighted by Crippen LogP contribution is 2.12. The zero-order chi connectivity index (χ0) is 9.68. The summed E-state index contributed by atoms with van der Waals surface area (Å²) in [6, 6.07) is 8.13. The molecule has 0 spiro atoms. The molecule has 70 valence electrons. The molecule has 1 rings (SSSR count). The first-order valence-corrected chi connectivity index (χ1v) is 7.52. The average molecular weight is 192 g/mol. The van der Waals surface area contributed by atoms with Gasteiger partial charge in [0.2, 0.25) is 0 Å². The number of methoxy groups -OCH3 is 1. The fourth-order valence-corrected chi connectivity index (χ4v) is 1.63. The predicted molar refractivity (Wildman–Crippen MR) is 60.9 cm³/mol. The Morgan fingerprint density at radius 2 is 1.77 bits per heavy atom. The Morgan fingerprint density at radius 1 is 1.15 bits per heavy atom. The monoisotopic (exact) mass is 192 g/mol. The van der Waals surface area contributed by atoms with Gasteiger partial charge in [0.15, 0.2) is 0 Å². The zero-order valence-electron chi connectivity index (χ0n) is 8.45. The second-order valence-corrected chi connectivity index (χ2v) is 6.25. The van der Waals surface area contributed by atoms with Crippen LogP contribution in [0.3, 0.4) is 0 Å². The van der Waals surface area contributed by atoms with E-state index in [9.17, 15) is 0 Å². The minimum Gasteiger partial charge on any atom is -0.497 e. The van der Waals surface area contributed by atoms with Gasteiger partial charge in [-0.3, -0.25) is 0 Å². The lowest BCUT2D eigenvalue weighted by molar-refractivity contribution is 0.415. The van der Waals surface area contributed by atoms with Gasteiger partial charge in [-0.05, 0) is 17.7 Å². The molecule has 0 aliphatic rings. The molecular weight excluding hydrogens is 176 g/mol. The molecule has 0 saturated heterocycles. The van der Waals surface area contributed by atoms with Crippen LogP contribution < -0.4 is 4.74 Å². The molecule has 0 bridgehead atoms. The van der Waals surface area contributed by atoms with Crippen LogP contribution in [-0.4, -0.2) is 15.9 Å². The summed E-state index contributed by atoms with van der Waals surface area (Å²) in [6.07, 6.45) is 2.19. The first-order chi connectivity index (χ1) is 6.22. The van der Waals surface area contributed by atoms with Crippen molar-refractivity contribution in [2.45, 2.75) is 13.1 Å². The van der Waals surface area contributed by atoms with E-state index in [-0.39, 0.29) is 0 Å². The van der Waals surface area contributed by atoms with Crippen LogP contribution in [0.1, 0.15) is 5.56 Å². The van der Waals surface area contributed by atoms with E-state index in [0.717, 1.165) is 5.75 Å². The molecule has 1 nitrogen and oxygen atoms in total. The number of ether oxygens (including phenoxy) is 1. The van der Waals surface area contributed by atoms with Gasteiger partial charge in [0.1, 0.15) is 5.75 Å². The van der Waals surface area contributed by atoms with Crippen LogP contribution >= 0.6 is 0 Å². The molecule has 0 saturated carbocycles. The standard InChI is InChI=1S/C11H16OSi/c1-12-11-6-4-10(5-7-11)8-9-13(2)3/h4-9,13H,1-3H3. The van der Waals surface area contributed by atoms with Gasteiger partial charge in [0, 0.05) is 0 Å². The van der Waals surface area contributed by atoms with Crippen molar-refractivity contribution < 1.29 is 4.74 Å². The predicted octanol–water partition coefficient (Wildman–Crippen LogP) is 2.73. The van der Waals surface area contributed by atoms with Crippen LogP contribution in [0.25, 0.3) is 6.08 Å². The van der Waals surface area contributed by atoms with Crippen molar-refractivity contribution in [3.8, 4) is 5.75 Å². The lowest BCUT2D eigenvalue weighted by Gasteiger charge is -1.99. The van der Waals surface area contributed by atoms with Crippen LogP contribution in [-0.2, 0) is 0 Å². The Bertz CT molecular complexity index is 275. The number of hydrogen-bond acceptors (Lipinski definition) is 1. The van der Waals surface area contributed by atoms with Gasteiger partial charge < -0.3 is 4.74 Å². The van der Waals surface area contributed by atoms with Crippen LogP contribution in [0, 0.1) is 0 Å². The van der Waals surface area contributed by atoms with Gasteiger partial charge in [-0.15, -0.1) is 0 Å². The molecule has 0 N–H and O–H groups in total. The molecule has 0 heterocycles. The number of hydrogen-bond donors (Lipinski definition) is 0. The highest BCUT2D eigenvalue weighted by atomic mass is 28.3. The molecule has 0 radical (unpaired) electrons. The number of benzene rings is 1. The quantitative estimate of drug-likeness (QED) is 0.669. The van der Waals surface area contributed by atoms with Crippen molar-refractivity contribution in [1.29, 1.82) is 0 Å². The fraction of sp³-hybridized carbons (Fsp3) is 0.273. The van der Waals surface area contributed by atoms with E-state index < -0.39 is 8.80 Å². The summed E-state index contributed by atoms with van der Waals surface area (Å²) in [5, 5.41) is 0. The second-order valence-electron chi connectivity index (χ2n) is 3.38. The zero-order valence-corrected chi connectivity index (χ0v) is 9.60. The first kappa shape index (κ1) is 10.1. The molecule has 2 heteroatoms. The normalized spacial score (nSPS) is 11.1. The maximum Gasteiger partial charge on any atom is 0.118 e. The third-order valence-electron chi connectivity index (χ3n) is 1.79. The van der Waals surface area contributed by atoms with Gasteiger partial charge in [-0.25, -0.2) is 0 Å². The summed E-state index contributed by atoms with van der Waals surface area (Å²) in [4.78, 5) is 0. The molecule has 1 aromatic carbocycles. The summed E-state index contributed by atoms with van der Waals surface area (Å²) < 4.78 is 5.08. The largest absolute Gasteiger partial charge is 0.497 e. The van der Waals surface area contributed by atoms with E-state index in [1.807, 2.05) is 12.1 Å². The third kappa shape index (κ3) is 3.47. The van der Waals surface area contributed by atoms with Crippen molar-refractivity contribution in [2.75, 3.05) is 7.11 Å². The fourth-order valence-electron chi connectivity index (χ4n) is 1.02. The highest BCUT2D eigenvalue weighted by Gasteiger charge is 1.90. The summed E-state index contributed by atoms with van der Waals surface area (Å²) in [7, 11) is 1.11. The van der Waals surface area contributed by atoms with Gasteiger partial charge >= 0.3 is 0 Å². The van der Waals surface area contributed by atoms with Crippen molar-refractivity contribution in [3.63, 3.8) is 0 Å². The third-order valence-corrected chi connectivity index (χ3v) is 2.75. The Hall–Kier alpha value is -1.02. The molecule has 0 aliphatic heterocycles. The Morgan fingerprint density at radius 3 is 2.23 bits per heavy atom. The molecule has 0 aliphatic carbocycles.